The molecule has 0 fully saturated rings. The Bertz CT molecular complexity index is 233. The van der Waals surface area contributed by atoms with Crippen molar-refractivity contribution < 1.29 is 24.2 Å². The molecule has 6 nitrogen and oxygen atoms in total. The molecule has 1 amide bonds. The van der Waals surface area contributed by atoms with Gasteiger partial charge in [-0.15, -0.1) is 0 Å². The highest BCUT2D eigenvalue weighted by Crippen LogP contribution is 2.07. The van der Waals surface area contributed by atoms with Gasteiger partial charge in [0, 0.05) is 7.11 Å². The average molecular weight is 219 g/mol. The van der Waals surface area contributed by atoms with Crippen LogP contribution in [0.15, 0.2) is 0 Å². The van der Waals surface area contributed by atoms with Crippen molar-refractivity contribution in [1.82, 2.24) is 5.32 Å². The highest BCUT2D eigenvalue weighted by Gasteiger charge is 2.20. The van der Waals surface area contributed by atoms with Gasteiger partial charge in [-0.25, -0.2) is 4.79 Å². The maximum absolute atomic E-state index is 11.2. The molecule has 6 heteroatoms. The van der Waals surface area contributed by atoms with E-state index in [9.17, 15) is 9.59 Å². The summed E-state index contributed by atoms with van der Waals surface area (Å²) in [4.78, 5) is 21.6. The molecule has 0 aliphatic heterocycles. The van der Waals surface area contributed by atoms with Gasteiger partial charge in [-0.3, -0.25) is 10.1 Å². The smallest absolute Gasteiger partial charge is 0.409 e. The molecule has 1 unspecified atom stereocenters. The average Bonchev–Trinajstić information content (AvgIpc) is 1.98. The molecule has 0 saturated heterocycles. The van der Waals surface area contributed by atoms with E-state index in [4.69, 9.17) is 14.6 Å². The number of carboxylic acid groups (broad SMARTS) is 1. The molecule has 0 saturated carbocycles. The summed E-state index contributed by atoms with van der Waals surface area (Å²) in [7, 11) is 1.31. The summed E-state index contributed by atoms with van der Waals surface area (Å²) in [5, 5.41) is 10.8. The molecule has 0 aromatic rings. The molecule has 0 bridgehead atoms. The van der Waals surface area contributed by atoms with E-state index < -0.39 is 23.9 Å². The van der Waals surface area contributed by atoms with E-state index in [1.807, 2.05) is 0 Å². The van der Waals surface area contributed by atoms with Crippen LogP contribution in [0, 0.1) is 0 Å². The normalized spacial score (nSPS) is 13.1. The largest absolute Gasteiger partial charge is 0.481 e. The summed E-state index contributed by atoms with van der Waals surface area (Å²) in [5.41, 5.74) is -0.619. The Hall–Kier alpha value is -1.30. The lowest BCUT2D eigenvalue weighted by Gasteiger charge is -2.22. The Labute approximate surface area is 88.6 Å². The van der Waals surface area contributed by atoms with Crippen molar-refractivity contribution in [2.24, 2.45) is 0 Å². The van der Waals surface area contributed by atoms with Crippen molar-refractivity contribution in [3.05, 3.63) is 0 Å². The zero-order chi connectivity index (χ0) is 12.1. The van der Waals surface area contributed by atoms with Gasteiger partial charge in [-0.2, -0.15) is 0 Å². The van der Waals surface area contributed by atoms with E-state index in [2.05, 4.69) is 5.32 Å². The number of aliphatic carboxylic acids is 1. The summed E-state index contributed by atoms with van der Waals surface area (Å²) >= 11 is 0. The topological polar surface area (TPSA) is 84.9 Å². The fourth-order valence-corrected chi connectivity index (χ4v) is 0.791. The third-order valence-corrected chi connectivity index (χ3v) is 1.32. The Morgan fingerprint density at radius 3 is 2.27 bits per heavy atom. The van der Waals surface area contributed by atoms with Crippen molar-refractivity contribution in [1.29, 1.82) is 0 Å². The predicted octanol–water partition coefficient (Wildman–Crippen LogP) is 0.958. The summed E-state index contributed by atoms with van der Waals surface area (Å²) in [5.74, 6) is -1.06. The van der Waals surface area contributed by atoms with E-state index in [0.29, 0.717) is 0 Å². The minimum atomic E-state index is -1.06. The molecule has 0 spiro atoms. The number of alkyl carbamates (subject to hydrolysis) is 1. The Balaban J connectivity index is 4.07. The molecule has 0 heterocycles. The number of carbonyl (C=O) groups excluding carboxylic acids is 1. The number of amides is 1. The second kappa shape index (κ2) is 5.55. The molecule has 2 N–H and O–H groups in total. The third-order valence-electron chi connectivity index (χ3n) is 1.32. The number of carboxylic acids is 1. The van der Waals surface area contributed by atoms with Gasteiger partial charge < -0.3 is 14.6 Å². The van der Waals surface area contributed by atoms with Crippen LogP contribution in [0.4, 0.5) is 4.79 Å². The quantitative estimate of drug-likeness (QED) is 0.688. The van der Waals surface area contributed by atoms with Gasteiger partial charge in [0.15, 0.2) is 0 Å². The Morgan fingerprint density at radius 2 is 1.93 bits per heavy atom. The molecular formula is C9H17NO5. The Morgan fingerprint density at radius 1 is 1.40 bits per heavy atom. The van der Waals surface area contributed by atoms with Gasteiger partial charge in [0.2, 0.25) is 0 Å². The van der Waals surface area contributed by atoms with Gasteiger partial charge in [-0.1, -0.05) is 0 Å². The fourth-order valence-electron chi connectivity index (χ4n) is 0.791. The molecule has 0 radical (unpaired) electrons. The Kier molecular flexibility index (Phi) is 5.07. The van der Waals surface area contributed by atoms with Crippen LogP contribution in [0.2, 0.25) is 0 Å². The zero-order valence-electron chi connectivity index (χ0n) is 9.36. The number of hydrogen-bond donors (Lipinski definition) is 2. The van der Waals surface area contributed by atoms with Crippen LogP contribution in [-0.2, 0) is 14.3 Å². The molecule has 88 valence electrons. The van der Waals surface area contributed by atoms with E-state index >= 15 is 0 Å². The maximum atomic E-state index is 11.2. The van der Waals surface area contributed by atoms with E-state index in [0.717, 1.165) is 0 Å². The predicted molar refractivity (Wildman–Crippen MR) is 52.4 cm³/mol. The van der Waals surface area contributed by atoms with Crippen molar-refractivity contribution >= 4 is 12.1 Å². The van der Waals surface area contributed by atoms with Crippen LogP contribution in [-0.4, -0.2) is 36.1 Å². The van der Waals surface area contributed by atoms with Gasteiger partial charge in [-0.05, 0) is 20.8 Å². The standard InChI is InChI=1S/C9H17NO5/c1-9(2,3)15-8(13)10-6(14-4)5-7(11)12/h6H,5H2,1-4H3,(H,10,13)(H,11,12). The van der Waals surface area contributed by atoms with Crippen LogP contribution in [0.25, 0.3) is 0 Å². The minimum Gasteiger partial charge on any atom is -0.481 e. The lowest BCUT2D eigenvalue weighted by Crippen LogP contribution is -2.41. The number of hydrogen-bond acceptors (Lipinski definition) is 4. The van der Waals surface area contributed by atoms with Crippen molar-refractivity contribution in [3.8, 4) is 0 Å². The molecule has 1 atom stereocenters. The lowest BCUT2D eigenvalue weighted by molar-refractivity contribution is -0.140. The number of carbonyl (C=O) groups is 2. The number of rotatable bonds is 4. The second-order valence-electron chi connectivity index (χ2n) is 3.97. The SMILES string of the molecule is COC(CC(=O)O)NC(=O)OC(C)(C)C. The number of nitrogens with one attached hydrogen (secondary N) is 1. The van der Waals surface area contributed by atoms with E-state index in [1.165, 1.54) is 7.11 Å². The highest BCUT2D eigenvalue weighted by molar-refractivity contribution is 5.71. The molecule has 0 aliphatic carbocycles. The molecule has 0 aromatic heterocycles. The molecule has 0 aromatic carbocycles. The van der Waals surface area contributed by atoms with E-state index in [1.54, 1.807) is 20.8 Å². The van der Waals surface area contributed by atoms with Crippen LogP contribution >= 0.6 is 0 Å². The van der Waals surface area contributed by atoms with Crippen LogP contribution in [0.1, 0.15) is 27.2 Å². The van der Waals surface area contributed by atoms with Crippen LogP contribution in [0.5, 0.6) is 0 Å². The maximum Gasteiger partial charge on any atom is 0.409 e. The number of ether oxygens (including phenoxy) is 2. The van der Waals surface area contributed by atoms with E-state index in [-0.39, 0.29) is 6.42 Å². The first kappa shape index (κ1) is 13.7. The fraction of sp³-hybridized carbons (Fsp3) is 0.778. The summed E-state index contributed by atoms with van der Waals surface area (Å²) in [6.07, 6.45) is -1.89. The molecular weight excluding hydrogens is 202 g/mol. The van der Waals surface area contributed by atoms with Crippen molar-refractivity contribution in [2.45, 2.75) is 39.0 Å². The van der Waals surface area contributed by atoms with Crippen molar-refractivity contribution in [3.63, 3.8) is 0 Å². The van der Waals surface area contributed by atoms with Crippen molar-refractivity contribution in [2.75, 3.05) is 7.11 Å². The number of methoxy groups -OCH3 is 1. The summed E-state index contributed by atoms with van der Waals surface area (Å²) < 4.78 is 9.68. The van der Waals surface area contributed by atoms with Crippen LogP contribution in [0.3, 0.4) is 0 Å². The molecule has 0 aliphatic rings. The highest BCUT2D eigenvalue weighted by atomic mass is 16.6. The minimum absolute atomic E-state index is 0.310. The second-order valence-corrected chi connectivity index (χ2v) is 3.97. The monoisotopic (exact) mass is 219 g/mol. The first-order valence-electron chi connectivity index (χ1n) is 4.48. The van der Waals surface area contributed by atoms with Crippen LogP contribution < -0.4 is 5.32 Å². The summed E-state index contributed by atoms with van der Waals surface area (Å²) in [6, 6.07) is 0. The van der Waals surface area contributed by atoms with Gasteiger partial charge in [0.05, 0.1) is 6.42 Å². The summed E-state index contributed by atoms with van der Waals surface area (Å²) in [6.45, 7) is 5.14. The lowest BCUT2D eigenvalue weighted by atomic mass is 10.2. The first-order valence-corrected chi connectivity index (χ1v) is 4.48. The van der Waals surface area contributed by atoms with Gasteiger partial charge >= 0.3 is 12.1 Å². The molecule has 15 heavy (non-hydrogen) atoms. The van der Waals surface area contributed by atoms with Gasteiger partial charge in [0.25, 0.3) is 0 Å². The third kappa shape index (κ3) is 7.75. The zero-order valence-corrected chi connectivity index (χ0v) is 9.36. The van der Waals surface area contributed by atoms with Gasteiger partial charge in [0.1, 0.15) is 11.8 Å². The first-order chi connectivity index (χ1) is 6.74. The molecule has 0 rings (SSSR count).